The minimum atomic E-state index is -2.56. The molecule has 96 valence electrons. The molecule has 0 bridgehead atoms. The van der Waals surface area contributed by atoms with Gasteiger partial charge < -0.3 is 5.73 Å². The summed E-state index contributed by atoms with van der Waals surface area (Å²) in [5.41, 5.74) is 6.51. The van der Waals surface area contributed by atoms with Crippen molar-refractivity contribution in [3.8, 4) is 0 Å². The van der Waals surface area contributed by atoms with E-state index in [1.807, 2.05) is 24.3 Å². The van der Waals surface area contributed by atoms with Crippen LogP contribution in [0.1, 0.15) is 30.7 Å². The Kier molecular flexibility index (Phi) is 2.64. The first-order chi connectivity index (χ1) is 8.49. The summed E-state index contributed by atoms with van der Waals surface area (Å²) in [5.74, 6) is -2.56. The molecular weight excluding hydrogens is 254 g/mol. The molecule has 5 heteroatoms. The van der Waals surface area contributed by atoms with Gasteiger partial charge in [-0.15, -0.1) is 11.3 Å². The highest BCUT2D eigenvalue weighted by atomic mass is 32.1. The fourth-order valence-corrected chi connectivity index (χ4v) is 3.49. The maximum atomic E-state index is 13.2. The van der Waals surface area contributed by atoms with Crippen LogP contribution in [-0.2, 0) is 5.54 Å². The van der Waals surface area contributed by atoms with Gasteiger partial charge in [0.1, 0.15) is 5.01 Å². The molecule has 1 aliphatic rings. The third kappa shape index (κ3) is 2.01. The number of nitrogens with zero attached hydrogens (tertiary/aromatic N) is 1. The van der Waals surface area contributed by atoms with Crippen molar-refractivity contribution in [2.45, 2.75) is 37.1 Å². The molecule has 3 rings (SSSR count). The summed E-state index contributed by atoms with van der Waals surface area (Å²) in [7, 11) is 0. The highest BCUT2D eigenvalue weighted by Gasteiger charge is 2.43. The predicted octanol–water partition coefficient (Wildman–Crippen LogP) is 3.66. The van der Waals surface area contributed by atoms with Crippen molar-refractivity contribution in [3.05, 3.63) is 29.3 Å². The Labute approximate surface area is 108 Å². The number of rotatable bonds is 1. The molecule has 1 heterocycles. The summed E-state index contributed by atoms with van der Waals surface area (Å²) in [6.45, 7) is 0. The topological polar surface area (TPSA) is 38.9 Å². The van der Waals surface area contributed by atoms with Gasteiger partial charge in [0.15, 0.2) is 0 Å². The molecule has 2 aromatic rings. The zero-order valence-corrected chi connectivity index (χ0v) is 10.6. The fourth-order valence-electron chi connectivity index (χ4n) is 2.36. The number of hydrogen-bond acceptors (Lipinski definition) is 3. The molecule has 0 radical (unpaired) electrons. The normalized spacial score (nSPS) is 22.2. The van der Waals surface area contributed by atoms with E-state index in [-0.39, 0.29) is 12.8 Å². The minimum absolute atomic E-state index is 0.139. The molecule has 1 aromatic carbocycles. The second kappa shape index (κ2) is 3.96. The van der Waals surface area contributed by atoms with E-state index in [2.05, 4.69) is 4.98 Å². The van der Waals surface area contributed by atoms with Crippen molar-refractivity contribution >= 4 is 21.6 Å². The molecule has 0 aliphatic heterocycles. The molecule has 1 aliphatic carbocycles. The summed E-state index contributed by atoms with van der Waals surface area (Å²) in [6, 6.07) is 7.78. The molecule has 2 N–H and O–H groups in total. The number of thiazole rings is 1. The Balaban J connectivity index is 1.94. The van der Waals surface area contributed by atoms with E-state index in [9.17, 15) is 8.78 Å². The average Bonchev–Trinajstić information content (AvgIpc) is 2.78. The quantitative estimate of drug-likeness (QED) is 0.857. The molecule has 0 spiro atoms. The lowest BCUT2D eigenvalue weighted by Crippen LogP contribution is -2.43. The summed E-state index contributed by atoms with van der Waals surface area (Å²) >= 11 is 1.52. The lowest BCUT2D eigenvalue weighted by Gasteiger charge is -2.35. The Morgan fingerprint density at radius 2 is 1.78 bits per heavy atom. The molecule has 1 aromatic heterocycles. The average molecular weight is 268 g/mol. The van der Waals surface area contributed by atoms with Crippen LogP contribution in [0.25, 0.3) is 10.2 Å². The van der Waals surface area contributed by atoms with Gasteiger partial charge in [-0.1, -0.05) is 12.1 Å². The molecule has 2 nitrogen and oxygen atoms in total. The summed E-state index contributed by atoms with van der Waals surface area (Å²) in [5, 5.41) is 0.791. The van der Waals surface area contributed by atoms with Gasteiger partial charge in [0.25, 0.3) is 0 Å². The largest absolute Gasteiger partial charge is 0.319 e. The van der Waals surface area contributed by atoms with Crippen molar-refractivity contribution < 1.29 is 8.78 Å². The molecule has 0 saturated heterocycles. The Hall–Kier alpha value is -1.07. The van der Waals surface area contributed by atoms with Crippen LogP contribution in [0.15, 0.2) is 24.3 Å². The third-order valence-corrected chi connectivity index (χ3v) is 4.85. The maximum Gasteiger partial charge on any atom is 0.248 e. The van der Waals surface area contributed by atoms with Crippen molar-refractivity contribution in [1.29, 1.82) is 0 Å². The molecule has 0 amide bonds. The van der Waals surface area contributed by atoms with Crippen LogP contribution < -0.4 is 5.73 Å². The lowest BCUT2D eigenvalue weighted by molar-refractivity contribution is -0.0513. The third-order valence-electron chi connectivity index (χ3n) is 3.59. The first-order valence-corrected chi connectivity index (χ1v) is 6.83. The van der Waals surface area contributed by atoms with Gasteiger partial charge >= 0.3 is 0 Å². The monoisotopic (exact) mass is 268 g/mol. The zero-order valence-electron chi connectivity index (χ0n) is 9.83. The highest BCUT2D eigenvalue weighted by Crippen LogP contribution is 2.43. The predicted molar refractivity (Wildman–Crippen MR) is 68.9 cm³/mol. The number of fused-ring (bicyclic) bond motifs is 1. The van der Waals surface area contributed by atoms with Crippen LogP contribution in [0.4, 0.5) is 8.78 Å². The van der Waals surface area contributed by atoms with Crippen LogP contribution in [0.3, 0.4) is 0 Å². The molecule has 1 saturated carbocycles. The van der Waals surface area contributed by atoms with E-state index >= 15 is 0 Å². The van der Waals surface area contributed by atoms with Crippen LogP contribution >= 0.6 is 11.3 Å². The van der Waals surface area contributed by atoms with E-state index in [4.69, 9.17) is 5.73 Å². The van der Waals surface area contributed by atoms with Gasteiger partial charge in [-0.2, -0.15) is 0 Å². The second-order valence-corrected chi connectivity index (χ2v) is 6.03. The zero-order chi connectivity index (χ0) is 12.8. The van der Waals surface area contributed by atoms with Crippen molar-refractivity contribution in [3.63, 3.8) is 0 Å². The maximum absolute atomic E-state index is 13.2. The van der Waals surface area contributed by atoms with Crippen LogP contribution in [0.2, 0.25) is 0 Å². The Bertz CT molecular complexity index is 536. The second-order valence-electron chi connectivity index (χ2n) is 5.00. The summed E-state index contributed by atoms with van der Waals surface area (Å²) in [6.07, 6.45) is 0.332. The molecule has 0 atom stereocenters. The SMILES string of the molecule is NC1(c2nc3ccccc3s2)CCC(F)(F)CC1. The highest BCUT2D eigenvalue weighted by molar-refractivity contribution is 7.18. The summed E-state index contributed by atoms with van der Waals surface area (Å²) in [4.78, 5) is 4.50. The van der Waals surface area contributed by atoms with Crippen molar-refractivity contribution in [2.24, 2.45) is 5.73 Å². The van der Waals surface area contributed by atoms with Gasteiger partial charge in [0, 0.05) is 12.8 Å². The lowest BCUT2D eigenvalue weighted by atomic mass is 9.81. The number of hydrogen-bond donors (Lipinski definition) is 1. The van der Waals surface area contributed by atoms with E-state index in [0.29, 0.717) is 12.8 Å². The molecule has 1 fully saturated rings. The number of halogens is 2. The number of para-hydroxylation sites is 1. The molecule has 0 unspecified atom stereocenters. The summed E-state index contributed by atoms with van der Waals surface area (Å²) < 4.78 is 27.5. The van der Waals surface area contributed by atoms with Gasteiger partial charge in [0.2, 0.25) is 5.92 Å². The van der Waals surface area contributed by atoms with Gasteiger partial charge in [0.05, 0.1) is 15.8 Å². The molecule has 18 heavy (non-hydrogen) atoms. The number of aromatic nitrogens is 1. The van der Waals surface area contributed by atoms with Gasteiger partial charge in [-0.3, -0.25) is 0 Å². The first-order valence-electron chi connectivity index (χ1n) is 6.01. The van der Waals surface area contributed by atoms with Gasteiger partial charge in [-0.25, -0.2) is 13.8 Å². The number of benzene rings is 1. The van der Waals surface area contributed by atoms with Crippen molar-refractivity contribution in [1.82, 2.24) is 4.98 Å². The van der Waals surface area contributed by atoms with Crippen LogP contribution in [0.5, 0.6) is 0 Å². The van der Waals surface area contributed by atoms with Gasteiger partial charge in [-0.05, 0) is 25.0 Å². The van der Waals surface area contributed by atoms with Crippen LogP contribution in [0, 0.1) is 0 Å². The van der Waals surface area contributed by atoms with E-state index in [1.54, 1.807) is 0 Å². The molecular formula is C13H14F2N2S. The Morgan fingerprint density at radius 3 is 2.44 bits per heavy atom. The minimum Gasteiger partial charge on any atom is -0.319 e. The van der Waals surface area contributed by atoms with E-state index in [0.717, 1.165) is 15.2 Å². The first kappa shape index (κ1) is 12.0. The van der Waals surface area contributed by atoms with E-state index < -0.39 is 11.5 Å². The smallest absolute Gasteiger partial charge is 0.248 e. The number of alkyl halides is 2. The van der Waals surface area contributed by atoms with E-state index in [1.165, 1.54) is 11.3 Å². The van der Waals surface area contributed by atoms with Crippen molar-refractivity contribution in [2.75, 3.05) is 0 Å². The Morgan fingerprint density at radius 1 is 1.11 bits per heavy atom. The fraction of sp³-hybridized carbons (Fsp3) is 0.462. The van der Waals surface area contributed by atoms with Crippen LogP contribution in [-0.4, -0.2) is 10.9 Å². The standard InChI is InChI=1S/C13H14F2N2S/c14-13(15)7-5-12(16,6-8-13)11-17-9-3-1-2-4-10(9)18-11/h1-4H,5-8,16H2. The number of nitrogens with two attached hydrogens (primary N) is 1.